The Kier molecular flexibility index (Phi) is 26.3. The number of para-hydroxylation sites is 2. The molecule has 0 amide bonds. The molecule has 4 aromatic carbocycles. The number of anilines is 2. The van der Waals surface area contributed by atoms with Crippen molar-refractivity contribution in [2.75, 3.05) is 37.0 Å². The molecular formula is C66H85ClN6O18P2. The number of aromatic nitrogens is 4. The number of nitrogens with zero attached hydrogens (tertiary/aromatic N) is 4. The largest absolute Gasteiger partial charge is 0.461 e. The van der Waals surface area contributed by atoms with Crippen molar-refractivity contribution in [2.45, 2.75) is 132 Å². The van der Waals surface area contributed by atoms with Gasteiger partial charge in [0.05, 0.1) is 60.0 Å². The van der Waals surface area contributed by atoms with Gasteiger partial charge in [0, 0.05) is 12.4 Å². The zero-order valence-corrected chi connectivity index (χ0v) is 53.8. The van der Waals surface area contributed by atoms with Crippen LogP contribution in [0.2, 0.25) is 0 Å². The highest BCUT2D eigenvalue weighted by Crippen LogP contribution is 2.65. The molecule has 504 valence electrons. The van der Waals surface area contributed by atoms with E-state index >= 15 is 0 Å². The average Bonchev–Trinajstić information content (AvgIpc) is 1.56. The molecule has 24 nitrogen and oxygen atoms in total. The van der Waals surface area contributed by atoms with Gasteiger partial charge < -0.3 is 54.0 Å². The molecule has 10 atom stereocenters. The number of benzene rings is 4. The second kappa shape index (κ2) is 32.9. The molecule has 10 rings (SSSR count). The molecule has 2 aliphatic carbocycles. The van der Waals surface area contributed by atoms with Gasteiger partial charge in [0.1, 0.15) is 73.2 Å². The van der Waals surface area contributed by atoms with Gasteiger partial charge in [-0.25, -0.2) is 14.2 Å². The Morgan fingerprint density at radius 3 is 1.34 bits per heavy atom. The van der Waals surface area contributed by atoms with Crippen LogP contribution in [0, 0.1) is 34.5 Å². The topological polar surface area (TPSA) is 328 Å². The van der Waals surface area contributed by atoms with Crippen LogP contribution in [0.5, 0.6) is 11.5 Å². The predicted octanol–water partition coefficient (Wildman–Crippen LogP) is 11.0. The molecule has 2 aliphatic heterocycles. The second-order valence-corrected chi connectivity index (χ2v) is 28.8. The van der Waals surface area contributed by atoms with Crippen molar-refractivity contribution in [2.24, 2.45) is 34.5 Å². The number of nitrogen functional groups attached to an aromatic ring is 2. The minimum Gasteiger partial charge on any atom is -0.461 e. The van der Waals surface area contributed by atoms with Gasteiger partial charge in [0.15, 0.2) is 0 Å². The summed E-state index contributed by atoms with van der Waals surface area (Å²) >= 11 is 5.95. The van der Waals surface area contributed by atoms with E-state index in [0.717, 1.165) is 24.0 Å². The summed E-state index contributed by atoms with van der Waals surface area (Å²) < 4.78 is 80.9. The van der Waals surface area contributed by atoms with Crippen LogP contribution >= 0.6 is 25.6 Å². The molecule has 0 bridgehead atoms. The maximum Gasteiger partial charge on any atom is 0.380 e. The number of aliphatic hydroxyl groups excluding tert-OH is 1. The summed E-state index contributed by atoms with van der Waals surface area (Å²) in [6.07, 6.45) is 0.996. The molecule has 2 saturated heterocycles. The third kappa shape index (κ3) is 19.7. The average molecular weight is 1350 g/mol. The van der Waals surface area contributed by atoms with Crippen LogP contribution in [0.1, 0.15) is 106 Å². The van der Waals surface area contributed by atoms with Gasteiger partial charge in [-0.15, -0.1) is 0 Å². The summed E-state index contributed by atoms with van der Waals surface area (Å²) in [5, 5.41) is 9.59. The minimum atomic E-state index is -4.03. The van der Waals surface area contributed by atoms with E-state index in [9.17, 15) is 43.0 Å². The normalized spacial score (nSPS) is 21.2. The van der Waals surface area contributed by atoms with Crippen molar-refractivity contribution in [3.63, 3.8) is 0 Å². The lowest BCUT2D eigenvalue weighted by Crippen LogP contribution is -2.38. The van der Waals surface area contributed by atoms with Gasteiger partial charge in [-0.1, -0.05) is 153 Å². The van der Waals surface area contributed by atoms with Crippen LogP contribution < -0.4 is 31.9 Å². The van der Waals surface area contributed by atoms with Crippen LogP contribution in [0.15, 0.2) is 155 Å². The number of carbonyl (C=O) groups is 4. The van der Waals surface area contributed by atoms with E-state index in [-0.39, 0.29) is 82.9 Å². The van der Waals surface area contributed by atoms with Crippen molar-refractivity contribution >= 4 is 61.1 Å². The summed E-state index contributed by atoms with van der Waals surface area (Å²) in [7, 11) is -4.03. The third-order valence-electron chi connectivity index (χ3n) is 15.5. The number of esters is 4. The fourth-order valence-electron chi connectivity index (χ4n) is 10.4. The molecule has 2 spiro atoms. The molecule has 93 heavy (non-hydrogen) atoms. The van der Waals surface area contributed by atoms with Gasteiger partial charge >= 0.3 is 49.6 Å². The summed E-state index contributed by atoms with van der Waals surface area (Å²) in [6.45, 7) is 6.35. The highest BCUT2D eigenvalue weighted by molar-refractivity contribution is 7.85. The van der Waals surface area contributed by atoms with Gasteiger partial charge in [0.2, 0.25) is 0 Å². The molecule has 2 unspecified atom stereocenters. The standard InChI is InChI=1S/C32H38N3O9P.C17H18ClO4P.C15H21N3O5.2CH4/c1-21(2)28(36)43-27-25(42-30(32(27)15-16-32)35-17-14-26(33)34-31(35)38)19-41-45(39,44-24-12-8-5-9-13-24)20-22(3)29(37)40-18-23-10-6-4-7-11-23;1-14(17(19)21-12-15-8-4-2-5-9-15)13-23(18,20)22-16-10-6-3-7-11-16;1-8(2)12(20)23-11-9(7-19)22-13(15(11)4-5-15)18-6-3-10(16)17-14(18)21;;/h4-14,17,21-22,25,27,30H,15-16,18-20H2,1-3H3,(H2,33,34,38);2-11,14H,12-13H2,1H3;3,6,8-9,11,13,19H,4-5,7H2,1-2H3,(H2,16,17,21);2*1H4/t22-,25-,27-,30-,45?;14-,23?;9-,11-,13-;;/m111../s1. The smallest absolute Gasteiger partial charge is 0.380 e. The van der Waals surface area contributed by atoms with E-state index in [0.29, 0.717) is 18.6 Å². The lowest BCUT2D eigenvalue weighted by atomic mass is 9.96. The monoisotopic (exact) mass is 1350 g/mol. The number of hydrogen-bond acceptors (Lipinski definition) is 22. The molecule has 5 N–H and O–H groups in total. The zero-order chi connectivity index (χ0) is 65.7. The molecule has 4 fully saturated rings. The van der Waals surface area contributed by atoms with E-state index < -0.39 is 109 Å². The Morgan fingerprint density at radius 2 is 0.957 bits per heavy atom. The van der Waals surface area contributed by atoms with Crippen LogP contribution in [0.4, 0.5) is 11.6 Å². The number of halogens is 1. The van der Waals surface area contributed by atoms with E-state index in [2.05, 4.69) is 9.97 Å². The molecule has 0 radical (unpaired) electrons. The van der Waals surface area contributed by atoms with E-state index in [1.165, 1.54) is 33.7 Å². The lowest BCUT2D eigenvalue weighted by molar-refractivity contribution is -0.159. The highest BCUT2D eigenvalue weighted by Gasteiger charge is 2.68. The van der Waals surface area contributed by atoms with Crippen molar-refractivity contribution in [1.29, 1.82) is 0 Å². The fraction of sp³-hybridized carbons (Fsp3) is 0.455. The summed E-state index contributed by atoms with van der Waals surface area (Å²) in [4.78, 5) is 82.1. The van der Waals surface area contributed by atoms with Gasteiger partial charge in [-0.2, -0.15) is 9.97 Å². The van der Waals surface area contributed by atoms with Gasteiger partial charge in [-0.3, -0.25) is 37.4 Å². The number of hydrogen-bond donors (Lipinski definition) is 3. The van der Waals surface area contributed by atoms with Crippen LogP contribution in [-0.2, 0) is 74.5 Å². The number of nitrogens with two attached hydrogens (primary N) is 2. The summed E-state index contributed by atoms with van der Waals surface area (Å²) in [5.41, 5.74) is 10.6. The Labute approximate surface area is 546 Å². The molecule has 2 aromatic heterocycles. The van der Waals surface area contributed by atoms with E-state index in [4.69, 9.17) is 64.7 Å². The maximum absolute atomic E-state index is 14.3. The molecular weight excluding hydrogens is 1260 g/mol. The van der Waals surface area contributed by atoms with Crippen molar-refractivity contribution in [3.8, 4) is 11.5 Å². The van der Waals surface area contributed by atoms with Crippen molar-refractivity contribution in [3.05, 3.63) is 178 Å². The van der Waals surface area contributed by atoms with Gasteiger partial charge in [-0.05, 0) is 84.4 Å². The first-order valence-corrected chi connectivity index (χ1v) is 34.2. The van der Waals surface area contributed by atoms with Crippen LogP contribution in [0.3, 0.4) is 0 Å². The Morgan fingerprint density at radius 1 is 0.581 bits per heavy atom. The summed E-state index contributed by atoms with van der Waals surface area (Å²) in [6, 6.07) is 38.7. The lowest BCUT2D eigenvalue weighted by Gasteiger charge is -2.26. The number of rotatable bonds is 24. The van der Waals surface area contributed by atoms with Crippen LogP contribution in [0.25, 0.3) is 0 Å². The molecule has 6 aromatic rings. The number of carbonyl (C=O) groups excluding carboxylic acids is 4. The molecule has 4 aliphatic rings. The van der Waals surface area contributed by atoms with Crippen LogP contribution in [-0.4, -0.2) is 98.0 Å². The molecule has 4 heterocycles. The second-order valence-electron chi connectivity index (χ2n) is 23.5. The summed E-state index contributed by atoms with van der Waals surface area (Å²) in [5.74, 6) is -3.05. The first-order valence-electron chi connectivity index (χ1n) is 29.8. The van der Waals surface area contributed by atoms with E-state index in [1.807, 2.05) is 66.7 Å². The SMILES string of the molecule is C.C.CC(C)C(=O)O[C@@H]1[C@@H](CO)O[C@@H](n2ccc(N)nc2=O)C12CC2.CC(C)C(=O)O[C@@H]1[C@@H](COP(=O)(C[C@@H](C)C(=O)OCc2ccccc2)Oc2ccccc2)O[C@@H](n2ccc(N)nc2=O)C12CC2.C[C@H](CP(=O)(Cl)Oc1ccccc1)C(=O)OCc1ccccc1. The Hall–Kier alpha value is -7.69. The first kappa shape index (κ1) is 74.4. The zero-order valence-electron chi connectivity index (χ0n) is 51.3. The quantitative estimate of drug-likeness (QED) is 0.0288. The first-order chi connectivity index (χ1) is 43.3. The molecule has 27 heteroatoms. The number of ether oxygens (including phenoxy) is 6. The minimum absolute atomic E-state index is 0. The predicted molar refractivity (Wildman–Crippen MR) is 349 cm³/mol. The molecule has 2 saturated carbocycles. The fourth-order valence-corrected chi connectivity index (χ4v) is 14.4. The number of aliphatic hydroxyl groups is 1. The Bertz CT molecular complexity index is 3660. The van der Waals surface area contributed by atoms with E-state index in [1.54, 1.807) is 96.1 Å². The highest BCUT2D eigenvalue weighted by atomic mass is 35.7. The maximum atomic E-state index is 14.3. The third-order valence-corrected chi connectivity index (χ3v) is 19.6. The van der Waals surface area contributed by atoms with Gasteiger partial charge in [0.25, 0.3) is 0 Å². The van der Waals surface area contributed by atoms with Crippen molar-refractivity contribution < 1.29 is 75.4 Å². The van der Waals surface area contributed by atoms with Crippen molar-refractivity contribution in [1.82, 2.24) is 19.1 Å². The Balaban J connectivity index is 0.000000241.